The Hall–Kier alpha value is -2.70. The molecule has 0 aliphatic rings. The highest BCUT2D eigenvalue weighted by atomic mass is 16.5. The van der Waals surface area contributed by atoms with Gasteiger partial charge in [0.05, 0.1) is 13.7 Å². The van der Waals surface area contributed by atoms with E-state index in [1.165, 1.54) is 7.11 Å². The second-order valence-corrected chi connectivity index (χ2v) is 6.68. The van der Waals surface area contributed by atoms with E-state index in [1.54, 1.807) is 26.0 Å². The Kier molecular flexibility index (Phi) is 6.13. The zero-order valence-electron chi connectivity index (χ0n) is 15.2. The molecule has 0 spiro atoms. The van der Waals surface area contributed by atoms with Crippen molar-refractivity contribution in [2.75, 3.05) is 7.11 Å². The number of benzene rings is 2. The summed E-state index contributed by atoms with van der Waals surface area (Å²) in [4.78, 5) is 24.3. The van der Waals surface area contributed by atoms with Crippen LogP contribution in [0.15, 0.2) is 48.5 Å². The largest absolute Gasteiger partial charge is 0.467 e. The highest BCUT2D eigenvalue weighted by molar-refractivity contribution is 5.97. The Balaban J connectivity index is 2.16. The van der Waals surface area contributed by atoms with Gasteiger partial charge in [-0.25, -0.2) is 4.79 Å². The molecule has 0 saturated carbocycles. The second-order valence-electron chi connectivity index (χ2n) is 6.68. The number of aliphatic hydroxyl groups excluding tert-OH is 1. The predicted octanol–water partition coefficient (Wildman–Crippen LogP) is 1.85. The number of aliphatic hydroxyl groups is 1. The lowest BCUT2D eigenvalue weighted by Crippen LogP contribution is -2.59. The van der Waals surface area contributed by atoms with Crippen molar-refractivity contribution in [1.82, 2.24) is 5.32 Å². The molecular weight excluding hydrogens is 332 g/mol. The highest BCUT2D eigenvalue weighted by Gasteiger charge is 2.34. The van der Waals surface area contributed by atoms with Crippen molar-refractivity contribution in [3.63, 3.8) is 0 Å². The van der Waals surface area contributed by atoms with Gasteiger partial charge in [0.1, 0.15) is 6.04 Å². The minimum Gasteiger partial charge on any atom is -0.467 e. The van der Waals surface area contributed by atoms with Crippen molar-refractivity contribution in [3.05, 3.63) is 59.7 Å². The number of rotatable bonds is 6. The van der Waals surface area contributed by atoms with E-state index >= 15 is 0 Å². The van der Waals surface area contributed by atoms with Crippen LogP contribution in [0, 0.1) is 0 Å². The van der Waals surface area contributed by atoms with Crippen LogP contribution in [0.5, 0.6) is 0 Å². The third kappa shape index (κ3) is 4.68. The van der Waals surface area contributed by atoms with E-state index in [4.69, 9.17) is 15.6 Å². The summed E-state index contributed by atoms with van der Waals surface area (Å²) < 4.78 is 4.72. The lowest BCUT2D eigenvalue weighted by molar-refractivity contribution is -0.144. The molecular formula is C20H24N2O4. The average Bonchev–Trinajstić information content (AvgIpc) is 2.64. The number of ether oxygens (including phenoxy) is 1. The van der Waals surface area contributed by atoms with Gasteiger partial charge in [0.2, 0.25) is 0 Å². The molecule has 1 amide bonds. The van der Waals surface area contributed by atoms with Crippen molar-refractivity contribution in [2.24, 2.45) is 5.73 Å². The Morgan fingerprint density at radius 3 is 2.00 bits per heavy atom. The van der Waals surface area contributed by atoms with Crippen molar-refractivity contribution >= 4 is 11.9 Å². The summed E-state index contributed by atoms with van der Waals surface area (Å²) in [7, 11) is 1.25. The Labute approximate surface area is 153 Å². The maximum Gasteiger partial charge on any atom is 0.330 e. The molecule has 2 rings (SSSR count). The lowest BCUT2D eigenvalue weighted by atomic mass is 9.95. The van der Waals surface area contributed by atoms with E-state index in [1.807, 2.05) is 36.4 Å². The van der Waals surface area contributed by atoms with E-state index in [2.05, 4.69) is 5.32 Å². The van der Waals surface area contributed by atoms with Gasteiger partial charge in [0.15, 0.2) is 0 Å². The lowest BCUT2D eigenvalue weighted by Gasteiger charge is -2.28. The molecule has 26 heavy (non-hydrogen) atoms. The molecule has 2 aromatic rings. The van der Waals surface area contributed by atoms with Crippen molar-refractivity contribution in [2.45, 2.75) is 32.0 Å². The average molecular weight is 356 g/mol. The topological polar surface area (TPSA) is 102 Å². The first-order valence-electron chi connectivity index (χ1n) is 8.24. The number of carbonyl (C=O) groups is 2. The van der Waals surface area contributed by atoms with E-state index in [0.717, 1.165) is 16.7 Å². The molecule has 0 heterocycles. The molecule has 6 heteroatoms. The van der Waals surface area contributed by atoms with Gasteiger partial charge in [-0.2, -0.15) is 0 Å². The van der Waals surface area contributed by atoms with Crippen LogP contribution in [0.4, 0.5) is 0 Å². The number of esters is 1. The number of nitrogens with one attached hydrogen (secondary N) is 1. The number of hydrogen-bond acceptors (Lipinski definition) is 5. The fraction of sp³-hybridized carbons (Fsp3) is 0.300. The molecule has 0 aromatic heterocycles. The summed E-state index contributed by atoms with van der Waals surface area (Å²) in [6.07, 6.45) is 0. The van der Waals surface area contributed by atoms with E-state index in [9.17, 15) is 9.59 Å². The number of amides is 1. The monoisotopic (exact) mass is 356 g/mol. The van der Waals surface area contributed by atoms with Crippen LogP contribution in [-0.2, 0) is 16.1 Å². The number of methoxy groups -OCH3 is 1. The summed E-state index contributed by atoms with van der Waals surface area (Å²) in [5, 5.41) is 11.7. The minimum atomic E-state index is -0.961. The first-order valence-corrected chi connectivity index (χ1v) is 8.24. The van der Waals surface area contributed by atoms with Crippen LogP contribution in [0.1, 0.15) is 29.8 Å². The summed E-state index contributed by atoms with van der Waals surface area (Å²) in [5.74, 6) is -0.993. The van der Waals surface area contributed by atoms with E-state index < -0.39 is 23.5 Å². The predicted molar refractivity (Wildman–Crippen MR) is 99.3 cm³/mol. The van der Waals surface area contributed by atoms with Gasteiger partial charge < -0.3 is 20.9 Å². The summed E-state index contributed by atoms with van der Waals surface area (Å²) in [5.41, 5.74) is 8.18. The van der Waals surface area contributed by atoms with Gasteiger partial charge in [-0.1, -0.05) is 36.4 Å². The molecule has 6 nitrogen and oxygen atoms in total. The highest BCUT2D eigenvalue weighted by Crippen LogP contribution is 2.20. The molecule has 0 bridgehead atoms. The van der Waals surface area contributed by atoms with Crippen molar-refractivity contribution < 1.29 is 19.4 Å². The van der Waals surface area contributed by atoms with Crippen molar-refractivity contribution in [3.8, 4) is 11.1 Å². The van der Waals surface area contributed by atoms with Gasteiger partial charge in [-0.05, 0) is 42.7 Å². The van der Waals surface area contributed by atoms with Crippen LogP contribution in [0.3, 0.4) is 0 Å². The van der Waals surface area contributed by atoms with Crippen LogP contribution in [-0.4, -0.2) is 35.7 Å². The first kappa shape index (κ1) is 19.6. The molecule has 0 fully saturated rings. The fourth-order valence-electron chi connectivity index (χ4n) is 2.50. The SMILES string of the molecule is COC(=O)C(NC(=O)c1ccc(-c2ccc(CO)cc2)cc1)C(C)(C)N. The molecule has 138 valence electrons. The van der Waals surface area contributed by atoms with E-state index in [0.29, 0.717) is 5.56 Å². The summed E-state index contributed by atoms with van der Waals surface area (Å²) in [6.45, 7) is 3.29. The van der Waals surface area contributed by atoms with Gasteiger partial charge >= 0.3 is 5.97 Å². The standard InChI is InChI=1S/C20H24N2O4/c1-20(2,21)17(19(25)26-3)22-18(24)16-10-8-15(9-11-16)14-6-4-13(12-23)5-7-14/h4-11,17,23H,12,21H2,1-3H3,(H,22,24). The molecule has 0 aliphatic carbocycles. The van der Waals surface area contributed by atoms with Gasteiger partial charge in [0.25, 0.3) is 5.91 Å². The maximum absolute atomic E-state index is 12.5. The summed E-state index contributed by atoms with van der Waals surface area (Å²) in [6, 6.07) is 13.6. The smallest absolute Gasteiger partial charge is 0.330 e. The Morgan fingerprint density at radius 1 is 1.08 bits per heavy atom. The van der Waals surface area contributed by atoms with Crippen LogP contribution in [0.25, 0.3) is 11.1 Å². The van der Waals surface area contributed by atoms with Crippen LogP contribution in [0.2, 0.25) is 0 Å². The van der Waals surface area contributed by atoms with Crippen LogP contribution < -0.4 is 11.1 Å². The molecule has 4 N–H and O–H groups in total. The molecule has 1 atom stereocenters. The zero-order valence-corrected chi connectivity index (χ0v) is 15.2. The molecule has 0 radical (unpaired) electrons. The van der Waals surface area contributed by atoms with Gasteiger partial charge in [-0.15, -0.1) is 0 Å². The third-order valence-corrected chi connectivity index (χ3v) is 4.07. The minimum absolute atomic E-state index is 0.00174. The third-order valence-electron chi connectivity index (χ3n) is 4.07. The van der Waals surface area contributed by atoms with Crippen molar-refractivity contribution in [1.29, 1.82) is 0 Å². The molecule has 2 aromatic carbocycles. The Morgan fingerprint density at radius 2 is 1.58 bits per heavy atom. The summed E-state index contributed by atoms with van der Waals surface area (Å²) >= 11 is 0. The normalized spacial score (nSPS) is 12.3. The van der Waals surface area contributed by atoms with Gasteiger partial charge in [-0.3, -0.25) is 4.79 Å². The maximum atomic E-state index is 12.5. The second kappa shape index (κ2) is 8.12. The molecule has 1 unspecified atom stereocenters. The molecule has 0 aliphatic heterocycles. The van der Waals surface area contributed by atoms with E-state index in [-0.39, 0.29) is 6.61 Å². The van der Waals surface area contributed by atoms with Gasteiger partial charge in [0, 0.05) is 11.1 Å². The Bertz CT molecular complexity index is 762. The molecule has 0 saturated heterocycles. The number of hydrogen-bond donors (Lipinski definition) is 3. The van der Waals surface area contributed by atoms with Crippen LogP contribution >= 0.6 is 0 Å². The number of carbonyl (C=O) groups excluding carboxylic acids is 2. The number of nitrogens with two attached hydrogens (primary N) is 1. The zero-order chi connectivity index (χ0) is 19.3. The fourth-order valence-corrected chi connectivity index (χ4v) is 2.50. The quantitative estimate of drug-likeness (QED) is 0.686. The first-order chi connectivity index (χ1) is 12.3.